The first kappa shape index (κ1) is 22.8. The monoisotopic (exact) mass is 460 g/mol. The molecule has 34 heavy (non-hydrogen) atoms. The van der Waals surface area contributed by atoms with Gasteiger partial charge in [-0.05, 0) is 47.5 Å². The summed E-state index contributed by atoms with van der Waals surface area (Å²) in [6.45, 7) is 0.153. The van der Waals surface area contributed by atoms with Gasteiger partial charge >= 0.3 is 0 Å². The fourth-order valence-corrected chi connectivity index (χ4v) is 4.01. The number of aliphatic hydroxyl groups excluding tert-OH is 1. The van der Waals surface area contributed by atoms with E-state index < -0.39 is 17.7 Å². The largest absolute Gasteiger partial charge is 0.507 e. The zero-order valence-electron chi connectivity index (χ0n) is 19.0. The molecule has 1 N–H and O–H groups in total. The topological polar surface area (TPSA) is 98.2 Å². The van der Waals surface area contributed by atoms with Gasteiger partial charge in [0.05, 0.1) is 32.9 Å². The van der Waals surface area contributed by atoms with Crippen LogP contribution in [0.5, 0.6) is 17.2 Å². The maximum atomic E-state index is 13.2. The zero-order chi connectivity index (χ0) is 24.2. The van der Waals surface area contributed by atoms with Crippen molar-refractivity contribution in [2.24, 2.45) is 0 Å². The van der Waals surface area contributed by atoms with Crippen LogP contribution in [0.2, 0.25) is 0 Å². The Morgan fingerprint density at radius 3 is 2.21 bits per heavy atom. The van der Waals surface area contributed by atoms with Gasteiger partial charge in [-0.2, -0.15) is 0 Å². The van der Waals surface area contributed by atoms with E-state index in [0.717, 1.165) is 5.56 Å². The Bertz CT molecular complexity index is 1240. The van der Waals surface area contributed by atoms with Crippen molar-refractivity contribution >= 4 is 17.4 Å². The highest BCUT2D eigenvalue weighted by Gasteiger charge is 2.46. The van der Waals surface area contributed by atoms with Crippen LogP contribution in [0.4, 0.5) is 0 Å². The minimum atomic E-state index is -0.838. The Balaban J connectivity index is 1.86. The number of likely N-dealkylation sites (tertiary alicyclic amines) is 1. The number of pyridine rings is 1. The van der Waals surface area contributed by atoms with E-state index in [-0.39, 0.29) is 17.9 Å². The maximum Gasteiger partial charge on any atom is 0.295 e. The molecule has 8 nitrogen and oxygen atoms in total. The molecule has 1 atom stereocenters. The lowest BCUT2D eigenvalue weighted by molar-refractivity contribution is -0.140. The molecule has 1 fully saturated rings. The zero-order valence-corrected chi connectivity index (χ0v) is 19.0. The molecule has 0 saturated carbocycles. The van der Waals surface area contributed by atoms with Gasteiger partial charge < -0.3 is 24.2 Å². The quantitative estimate of drug-likeness (QED) is 0.326. The number of hydrogen-bond donors (Lipinski definition) is 1. The van der Waals surface area contributed by atoms with E-state index >= 15 is 0 Å². The Kier molecular flexibility index (Phi) is 6.49. The highest BCUT2D eigenvalue weighted by molar-refractivity contribution is 6.46. The van der Waals surface area contributed by atoms with Crippen LogP contribution in [0.25, 0.3) is 5.76 Å². The third-order valence-electron chi connectivity index (χ3n) is 5.73. The fraction of sp³-hybridized carbons (Fsp3) is 0.192. The summed E-state index contributed by atoms with van der Waals surface area (Å²) in [7, 11) is 4.60. The van der Waals surface area contributed by atoms with Gasteiger partial charge in [-0.15, -0.1) is 0 Å². The average Bonchev–Trinajstić information content (AvgIpc) is 3.13. The predicted molar refractivity (Wildman–Crippen MR) is 125 cm³/mol. The molecule has 0 aliphatic carbocycles. The van der Waals surface area contributed by atoms with Gasteiger partial charge in [0, 0.05) is 24.5 Å². The van der Waals surface area contributed by atoms with Crippen LogP contribution in [-0.4, -0.2) is 48.0 Å². The second-order valence-electron chi connectivity index (χ2n) is 7.63. The highest BCUT2D eigenvalue weighted by atomic mass is 16.5. The van der Waals surface area contributed by atoms with Crippen LogP contribution in [0.3, 0.4) is 0 Å². The number of ether oxygens (including phenoxy) is 3. The number of carbonyl (C=O) groups is 2. The molecule has 1 aliphatic rings. The van der Waals surface area contributed by atoms with Crippen LogP contribution < -0.4 is 14.2 Å². The SMILES string of the molecule is COc1ccc(CN2C(=O)C(=O)/C(=C(\O)c3ccncc3)C2c2ccc(OC)c(OC)c2)cc1. The number of rotatable bonds is 7. The molecule has 1 saturated heterocycles. The number of carbonyl (C=O) groups excluding carboxylic acids is 2. The molecule has 1 amide bonds. The molecule has 0 bridgehead atoms. The average molecular weight is 460 g/mol. The van der Waals surface area contributed by atoms with Crippen LogP contribution in [0.1, 0.15) is 22.7 Å². The summed E-state index contributed by atoms with van der Waals surface area (Å²) in [6.07, 6.45) is 3.02. The van der Waals surface area contributed by atoms with Crippen molar-refractivity contribution in [3.63, 3.8) is 0 Å². The van der Waals surface area contributed by atoms with E-state index in [1.54, 1.807) is 49.6 Å². The van der Waals surface area contributed by atoms with E-state index in [9.17, 15) is 14.7 Å². The van der Waals surface area contributed by atoms with Gasteiger partial charge in [0.25, 0.3) is 11.7 Å². The fourth-order valence-electron chi connectivity index (χ4n) is 4.01. The number of ketones is 1. The van der Waals surface area contributed by atoms with Crippen molar-refractivity contribution in [2.75, 3.05) is 21.3 Å². The molecule has 0 spiro atoms. The van der Waals surface area contributed by atoms with Crippen molar-refractivity contribution in [1.82, 2.24) is 9.88 Å². The van der Waals surface area contributed by atoms with E-state index in [1.807, 2.05) is 12.1 Å². The van der Waals surface area contributed by atoms with Gasteiger partial charge in [-0.1, -0.05) is 18.2 Å². The molecule has 0 radical (unpaired) electrons. The summed E-state index contributed by atoms with van der Waals surface area (Å²) in [5.41, 5.74) is 1.79. The molecule has 174 valence electrons. The van der Waals surface area contributed by atoms with Crippen molar-refractivity contribution in [3.8, 4) is 17.2 Å². The first-order valence-electron chi connectivity index (χ1n) is 10.5. The minimum Gasteiger partial charge on any atom is -0.507 e. The van der Waals surface area contributed by atoms with Crippen LogP contribution in [-0.2, 0) is 16.1 Å². The lowest BCUT2D eigenvalue weighted by Crippen LogP contribution is -2.29. The summed E-state index contributed by atoms with van der Waals surface area (Å²) in [5.74, 6) is -0.0991. The van der Waals surface area contributed by atoms with Crippen LogP contribution in [0, 0.1) is 0 Å². The molecule has 8 heteroatoms. The van der Waals surface area contributed by atoms with Gasteiger partial charge in [0.15, 0.2) is 11.5 Å². The number of methoxy groups -OCH3 is 3. The third kappa shape index (κ3) is 4.17. The number of hydrogen-bond acceptors (Lipinski definition) is 7. The molecule has 1 aromatic heterocycles. The van der Waals surface area contributed by atoms with Gasteiger partial charge in [0.2, 0.25) is 0 Å². The molecular formula is C26H24N2O6. The van der Waals surface area contributed by atoms with Crippen LogP contribution >= 0.6 is 0 Å². The van der Waals surface area contributed by atoms with E-state index in [0.29, 0.717) is 28.4 Å². The molecule has 1 aliphatic heterocycles. The third-order valence-corrected chi connectivity index (χ3v) is 5.73. The van der Waals surface area contributed by atoms with Crippen molar-refractivity contribution < 1.29 is 28.9 Å². The number of aliphatic hydroxyl groups is 1. The number of Topliss-reactive ketones (excluding diaryl/α,β-unsaturated/α-hetero) is 1. The van der Waals surface area contributed by atoms with Crippen molar-refractivity contribution in [3.05, 3.63) is 89.3 Å². The Morgan fingerprint density at radius 2 is 1.59 bits per heavy atom. The van der Waals surface area contributed by atoms with Gasteiger partial charge in [-0.3, -0.25) is 14.6 Å². The lowest BCUT2D eigenvalue weighted by atomic mass is 9.95. The van der Waals surface area contributed by atoms with E-state index in [4.69, 9.17) is 14.2 Å². The Morgan fingerprint density at radius 1 is 0.912 bits per heavy atom. The standard InChI is InChI=1S/C26H24N2O6/c1-32-19-7-4-16(5-8-19)15-28-23(18-6-9-20(33-2)21(14-18)34-3)22(25(30)26(28)31)24(29)17-10-12-27-13-11-17/h4-14,23,29H,15H2,1-3H3/b24-22-. The first-order chi connectivity index (χ1) is 16.5. The van der Waals surface area contributed by atoms with Crippen molar-refractivity contribution in [1.29, 1.82) is 0 Å². The number of aromatic nitrogens is 1. The normalized spacial score (nSPS) is 17.0. The van der Waals surface area contributed by atoms with Gasteiger partial charge in [-0.25, -0.2) is 0 Å². The van der Waals surface area contributed by atoms with E-state index in [1.165, 1.54) is 31.5 Å². The number of nitrogens with zero attached hydrogens (tertiary/aromatic N) is 2. The van der Waals surface area contributed by atoms with Crippen molar-refractivity contribution in [2.45, 2.75) is 12.6 Å². The van der Waals surface area contributed by atoms with Gasteiger partial charge in [0.1, 0.15) is 11.5 Å². The molecule has 1 unspecified atom stereocenters. The Labute approximate surface area is 197 Å². The predicted octanol–water partition coefficient (Wildman–Crippen LogP) is 3.73. The smallest absolute Gasteiger partial charge is 0.295 e. The summed E-state index contributed by atoms with van der Waals surface area (Å²) < 4.78 is 16.0. The summed E-state index contributed by atoms with van der Waals surface area (Å²) in [5, 5.41) is 11.1. The molecular weight excluding hydrogens is 436 g/mol. The van der Waals surface area contributed by atoms with E-state index in [2.05, 4.69) is 4.98 Å². The van der Waals surface area contributed by atoms with Crippen LogP contribution in [0.15, 0.2) is 72.6 Å². The Hall–Kier alpha value is -4.33. The number of amides is 1. The summed E-state index contributed by atoms with van der Waals surface area (Å²) in [6, 6.07) is 14.7. The lowest BCUT2D eigenvalue weighted by Gasteiger charge is -2.26. The first-order valence-corrected chi connectivity index (χ1v) is 10.5. The number of benzene rings is 2. The second-order valence-corrected chi connectivity index (χ2v) is 7.63. The summed E-state index contributed by atoms with van der Waals surface area (Å²) >= 11 is 0. The summed E-state index contributed by atoms with van der Waals surface area (Å²) in [4.78, 5) is 31.8. The highest BCUT2D eigenvalue weighted by Crippen LogP contribution is 2.42. The minimum absolute atomic E-state index is 0.00284. The molecule has 2 heterocycles. The maximum absolute atomic E-state index is 13.2. The molecule has 3 aromatic rings. The molecule has 2 aromatic carbocycles. The molecule has 4 rings (SSSR count). The second kappa shape index (κ2) is 9.66.